The van der Waals surface area contributed by atoms with Crippen LogP contribution >= 0.6 is 0 Å². The van der Waals surface area contributed by atoms with Gasteiger partial charge in [-0.2, -0.15) is 0 Å². The summed E-state index contributed by atoms with van der Waals surface area (Å²) in [5.41, 5.74) is 1.17. The molecular weight excluding hydrogens is 174 g/mol. The van der Waals surface area contributed by atoms with Gasteiger partial charge in [0.1, 0.15) is 0 Å². The van der Waals surface area contributed by atoms with Gasteiger partial charge < -0.3 is 5.11 Å². The van der Waals surface area contributed by atoms with Crippen molar-refractivity contribution >= 4 is 6.21 Å². The fraction of sp³-hybridized carbons (Fsp3) is 0.417. The van der Waals surface area contributed by atoms with Gasteiger partial charge in [-0.3, -0.25) is 4.99 Å². The standard InChI is InChI=1S/C12H17NO/c1-2-6-12(14)10-13-9-11-7-4-3-5-8-11/h3-5,7-8,10,12,14H,2,6,9H2,1H3/b13-10+/t12-/m1/s1. The maximum absolute atomic E-state index is 9.38. The number of hydrogen-bond acceptors (Lipinski definition) is 2. The lowest BCUT2D eigenvalue weighted by Gasteiger charge is -2.01. The van der Waals surface area contributed by atoms with Crippen LogP contribution in [0.15, 0.2) is 35.3 Å². The van der Waals surface area contributed by atoms with E-state index in [9.17, 15) is 5.11 Å². The second kappa shape index (κ2) is 6.33. The number of aliphatic hydroxyl groups excluding tert-OH is 1. The summed E-state index contributed by atoms with van der Waals surface area (Å²) in [7, 11) is 0. The highest BCUT2D eigenvalue weighted by Gasteiger charge is 1.95. The fourth-order valence-corrected chi connectivity index (χ4v) is 1.23. The van der Waals surface area contributed by atoms with Crippen molar-refractivity contribution in [3.63, 3.8) is 0 Å². The van der Waals surface area contributed by atoms with Crippen molar-refractivity contribution < 1.29 is 5.11 Å². The zero-order valence-corrected chi connectivity index (χ0v) is 8.56. The zero-order valence-electron chi connectivity index (χ0n) is 8.56. The molecule has 0 aliphatic carbocycles. The van der Waals surface area contributed by atoms with E-state index in [1.165, 1.54) is 5.56 Å². The topological polar surface area (TPSA) is 32.6 Å². The van der Waals surface area contributed by atoms with E-state index in [0.717, 1.165) is 12.8 Å². The molecule has 2 nitrogen and oxygen atoms in total. The van der Waals surface area contributed by atoms with Gasteiger partial charge in [-0.1, -0.05) is 43.7 Å². The molecule has 0 fully saturated rings. The van der Waals surface area contributed by atoms with Gasteiger partial charge in [0.05, 0.1) is 12.6 Å². The van der Waals surface area contributed by atoms with Gasteiger partial charge >= 0.3 is 0 Å². The third-order valence-electron chi connectivity index (χ3n) is 1.98. The average molecular weight is 191 g/mol. The van der Waals surface area contributed by atoms with E-state index in [1.807, 2.05) is 37.3 Å². The summed E-state index contributed by atoms with van der Waals surface area (Å²) in [4.78, 5) is 4.19. The molecule has 0 aliphatic rings. The highest BCUT2D eigenvalue weighted by atomic mass is 16.3. The molecule has 76 valence electrons. The molecule has 1 N–H and O–H groups in total. The molecule has 0 saturated heterocycles. The first-order chi connectivity index (χ1) is 6.83. The predicted molar refractivity (Wildman–Crippen MR) is 59.6 cm³/mol. The van der Waals surface area contributed by atoms with Gasteiger partial charge in [0, 0.05) is 6.21 Å². The van der Waals surface area contributed by atoms with Gasteiger partial charge in [-0.15, -0.1) is 0 Å². The number of nitrogens with zero attached hydrogens (tertiary/aromatic N) is 1. The fourth-order valence-electron chi connectivity index (χ4n) is 1.23. The summed E-state index contributed by atoms with van der Waals surface area (Å²) in [6.07, 6.45) is 3.02. The summed E-state index contributed by atoms with van der Waals surface area (Å²) < 4.78 is 0. The number of benzene rings is 1. The highest BCUT2D eigenvalue weighted by Crippen LogP contribution is 2.00. The van der Waals surface area contributed by atoms with Crippen molar-refractivity contribution in [2.45, 2.75) is 32.4 Å². The Morgan fingerprint density at radius 3 is 2.71 bits per heavy atom. The van der Waals surface area contributed by atoms with Gasteiger partial charge in [-0.05, 0) is 12.0 Å². The smallest absolute Gasteiger partial charge is 0.0886 e. The van der Waals surface area contributed by atoms with Crippen LogP contribution in [0.25, 0.3) is 0 Å². The third kappa shape index (κ3) is 4.19. The maximum atomic E-state index is 9.38. The molecule has 0 heterocycles. The first kappa shape index (κ1) is 10.9. The minimum atomic E-state index is -0.385. The minimum absolute atomic E-state index is 0.385. The molecule has 0 radical (unpaired) electrons. The van der Waals surface area contributed by atoms with E-state index in [4.69, 9.17) is 0 Å². The summed E-state index contributed by atoms with van der Waals surface area (Å²) >= 11 is 0. The van der Waals surface area contributed by atoms with Crippen molar-refractivity contribution in [1.82, 2.24) is 0 Å². The van der Waals surface area contributed by atoms with E-state index < -0.39 is 0 Å². The van der Waals surface area contributed by atoms with Gasteiger partial charge in [0.15, 0.2) is 0 Å². The van der Waals surface area contributed by atoms with E-state index >= 15 is 0 Å². The Bertz CT molecular complexity index is 269. The lowest BCUT2D eigenvalue weighted by atomic mass is 10.2. The van der Waals surface area contributed by atoms with Crippen molar-refractivity contribution in [3.05, 3.63) is 35.9 Å². The molecule has 1 aromatic rings. The van der Waals surface area contributed by atoms with E-state index in [0.29, 0.717) is 6.54 Å². The molecule has 1 aromatic carbocycles. The molecule has 0 amide bonds. The molecule has 0 aromatic heterocycles. The van der Waals surface area contributed by atoms with E-state index in [2.05, 4.69) is 4.99 Å². The van der Waals surface area contributed by atoms with Crippen molar-refractivity contribution in [2.24, 2.45) is 4.99 Å². The molecule has 0 unspecified atom stereocenters. The number of aliphatic imine (C=N–C) groups is 1. The molecule has 0 spiro atoms. The molecule has 1 rings (SSSR count). The van der Waals surface area contributed by atoms with Crippen molar-refractivity contribution in [1.29, 1.82) is 0 Å². The monoisotopic (exact) mass is 191 g/mol. The van der Waals surface area contributed by atoms with Gasteiger partial charge in [0.25, 0.3) is 0 Å². The van der Waals surface area contributed by atoms with Crippen molar-refractivity contribution in [2.75, 3.05) is 0 Å². The second-order valence-electron chi connectivity index (χ2n) is 3.33. The van der Waals surface area contributed by atoms with Crippen LogP contribution in [0.5, 0.6) is 0 Å². The maximum Gasteiger partial charge on any atom is 0.0886 e. The number of rotatable bonds is 5. The van der Waals surface area contributed by atoms with Crippen LogP contribution in [0.4, 0.5) is 0 Å². The summed E-state index contributed by atoms with van der Waals surface area (Å²) in [5, 5.41) is 9.38. The van der Waals surface area contributed by atoms with Crippen LogP contribution in [0.2, 0.25) is 0 Å². The molecule has 14 heavy (non-hydrogen) atoms. The normalized spacial score (nSPS) is 13.3. The molecule has 1 atom stereocenters. The van der Waals surface area contributed by atoms with Crippen LogP contribution < -0.4 is 0 Å². The van der Waals surface area contributed by atoms with E-state index in [-0.39, 0.29) is 6.10 Å². The number of hydrogen-bond donors (Lipinski definition) is 1. The molecule has 0 aliphatic heterocycles. The van der Waals surface area contributed by atoms with Crippen LogP contribution in [0.1, 0.15) is 25.3 Å². The first-order valence-corrected chi connectivity index (χ1v) is 5.05. The van der Waals surface area contributed by atoms with Gasteiger partial charge in [0.2, 0.25) is 0 Å². The largest absolute Gasteiger partial charge is 0.387 e. The Kier molecular flexibility index (Phi) is 4.94. The average Bonchev–Trinajstić information content (AvgIpc) is 2.20. The molecule has 0 saturated carbocycles. The lowest BCUT2D eigenvalue weighted by Crippen LogP contribution is -2.06. The quantitative estimate of drug-likeness (QED) is 0.712. The minimum Gasteiger partial charge on any atom is -0.387 e. The first-order valence-electron chi connectivity index (χ1n) is 5.05. The highest BCUT2D eigenvalue weighted by molar-refractivity contribution is 5.62. The lowest BCUT2D eigenvalue weighted by molar-refractivity contribution is 0.234. The van der Waals surface area contributed by atoms with Crippen LogP contribution in [-0.2, 0) is 6.54 Å². The molecule has 2 heteroatoms. The molecule has 0 bridgehead atoms. The Hall–Kier alpha value is -1.15. The van der Waals surface area contributed by atoms with Crippen molar-refractivity contribution in [3.8, 4) is 0 Å². The summed E-state index contributed by atoms with van der Waals surface area (Å²) in [6, 6.07) is 10.0. The van der Waals surface area contributed by atoms with Gasteiger partial charge in [-0.25, -0.2) is 0 Å². The van der Waals surface area contributed by atoms with E-state index in [1.54, 1.807) is 6.21 Å². The predicted octanol–water partition coefficient (Wildman–Crippen LogP) is 2.42. The third-order valence-corrected chi connectivity index (χ3v) is 1.98. The summed E-state index contributed by atoms with van der Waals surface area (Å²) in [6.45, 7) is 2.70. The second-order valence-corrected chi connectivity index (χ2v) is 3.33. The van der Waals surface area contributed by atoms with Crippen LogP contribution in [-0.4, -0.2) is 17.4 Å². The Labute approximate surface area is 85.3 Å². The number of aliphatic hydroxyl groups is 1. The Morgan fingerprint density at radius 2 is 2.07 bits per heavy atom. The SMILES string of the molecule is CCC[C@@H](O)/C=N/Cc1ccccc1. The Balaban J connectivity index is 2.33. The van der Waals surface area contributed by atoms with Crippen LogP contribution in [0, 0.1) is 0 Å². The summed E-state index contributed by atoms with van der Waals surface area (Å²) in [5.74, 6) is 0. The Morgan fingerprint density at radius 1 is 1.36 bits per heavy atom. The van der Waals surface area contributed by atoms with Crippen LogP contribution in [0.3, 0.4) is 0 Å². The molecular formula is C12H17NO. The zero-order chi connectivity index (χ0) is 10.2.